The van der Waals surface area contributed by atoms with E-state index in [1.165, 1.54) is 4.68 Å². The minimum absolute atomic E-state index is 0.0000775. The Bertz CT molecular complexity index is 533. The Labute approximate surface area is 123 Å². The fourth-order valence-electron chi connectivity index (χ4n) is 3.33. The van der Waals surface area contributed by atoms with Crippen LogP contribution in [0.5, 0.6) is 0 Å². The highest BCUT2D eigenvalue weighted by atomic mass is 19.3. The number of likely N-dealkylation sites (tertiary alicyclic amines) is 1. The predicted molar refractivity (Wildman–Crippen MR) is 74.2 cm³/mol. The lowest BCUT2D eigenvalue weighted by atomic mass is 9.99. The van der Waals surface area contributed by atoms with Gasteiger partial charge in [0.25, 0.3) is 6.43 Å². The monoisotopic (exact) mass is 297 g/mol. The van der Waals surface area contributed by atoms with Crippen LogP contribution in [0.2, 0.25) is 0 Å². The number of piperidine rings is 1. The van der Waals surface area contributed by atoms with Gasteiger partial charge in [-0.3, -0.25) is 9.48 Å². The number of carbonyl (C=O) groups is 1. The lowest BCUT2D eigenvalue weighted by Crippen LogP contribution is -2.40. The molecule has 1 amide bonds. The number of fused-ring (bicyclic) bond motifs is 1. The van der Waals surface area contributed by atoms with Gasteiger partial charge in [-0.05, 0) is 38.0 Å². The lowest BCUT2D eigenvalue weighted by Gasteiger charge is -2.30. The average Bonchev–Trinajstić information content (AvgIpc) is 3.03. The largest absolute Gasteiger partial charge is 0.341 e. The van der Waals surface area contributed by atoms with Gasteiger partial charge in [0.15, 0.2) is 0 Å². The number of nitrogens with zero attached hydrogens (tertiary/aromatic N) is 3. The smallest absolute Gasteiger partial charge is 0.282 e. The quantitative estimate of drug-likeness (QED) is 0.860. The third kappa shape index (κ3) is 2.80. The highest BCUT2D eigenvalue weighted by molar-refractivity contribution is 5.76. The van der Waals surface area contributed by atoms with Crippen LogP contribution in [0.1, 0.15) is 49.6 Å². The molecule has 0 spiro atoms. The molecule has 0 saturated carbocycles. The fraction of sp³-hybridized carbons (Fsp3) is 0.733. The van der Waals surface area contributed by atoms with E-state index < -0.39 is 6.43 Å². The van der Waals surface area contributed by atoms with Crippen molar-refractivity contribution in [2.45, 2.75) is 52.0 Å². The van der Waals surface area contributed by atoms with Crippen LogP contribution in [0.4, 0.5) is 8.78 Å². The van der Waals surface area contributed by atoms with Crippen LogP contribution in [0.3, 0.4) is 0 Å². The first-order valence-electron chi connectivity index (χ1n) is 7.70. The molecule has 1 fully saturated rings. The zero-order valence-electron chi connectivity index (χ0n) is 12.3. The van der Waals surface area contributed by atoms with Gasteiger partial charge in [0.1, 0.15) is 12.2 Å². The predicted octanol–water partition coefficient (Wildman–Crippen LogP) is 2.57. The number of carbonyl (C=O) groups excluding carboxylic acids is 1. The number of aromatic nitrogens is 2. The van der Waals surface area contributed by atoms with E-state index in [-0.39, 0.29) is 18.1 Å². The molecule has 1 saturated heterocycles. The minimum Gasteiger partial charge on any atom is -0.341 e. The summed E-state index contributed by atoms with van der Waals surface area (Å²) in [6.07, 6.45) is 1.77. The van der Waals surface area contributed by atoms with Crippen LogP contribution in [0, 0.1) is 5.92 Å². The molecular weight excluding hydrogens is 276 g/mol. The van der Waals surface area contributed by atoms with Gasteiger partial charge in [-0.2, -0.15) is 5.10 Å². The van der Waals surface area contributed by atoms with Gasteiger partial charge >= 0.3 is 0 Å². The molecule has 1 aromatic rings. The van der Waals surface area contributed by atoms with Crippen molar-refractivity contribution < 1.29 is 13.6 Å². The highest BCUT2D eigenvalue weighted by Crippen LogP contribution is 2.31. The number of amides is 1. The second-order valence-electron chi connectivity index (χ2n) is 6.19. The first-order valence-corrected chi connectivity index (χ1v) is 7.70. The standard InChI is InChI=1S/C15H21F2N3O/c1-10-5-7-19(8-6-10)13(21)9-20-12-4-2-3-11(12)14(18-20)15(16)17/h10,15H,2-9H2,1H3. The zero-order valence-corrected chi connectivity index (χ0v) is 12.3. The average molecular weight is 297 g/mol. The van der Waals surface area contributed by atoms with E-state index in [9.17, 15) is 13.6 Å². The molecule has 21 heavy (non-hydrogen) atoms. The van der Waals surface area contributed by atoms with Crippen LogP contribution in [0.25, 0.3) is 0 Å². The summed E-state index contributed by atoms with van der Waals surface area (Å²) < 4.78 is 27.5. The van der Waals surface area contributed by atoms with Crippen molar-refractivity contribution in [3.63, 3.8) is 0 Å². The van der Waals surface area contributed by atoms with Crippen molar-refractivity contribution in [2.24, 2.45) is 5.92 Å². The molecule has 0 aromatic carbocycles. The van der Waals surface area contributed by atoms with E-state index in [1.54, 1.807) is 0 Å². The molecule has 4 nitrogen and oxygen atoms in total. The summed E-state index contributed by atoms with van der Waals surface area (Å²) in [5, 5.41) is 4.00. The topological polar surface area (TPSA) is 38.1 Å². The summed E-state index contributed by atoms with van der Waals surface area (Å²) in [6.45, 7) is 3.83. The minimum atomic E-state index is -2.55. The van der Waals surface area contributed by atoms with Crippen LogP contribution < -0.4 is 0 Å². The Morgan fingerprint density at radius 3 is 2.71 bits per heavy atom. The SMILES string of the molecule is CC1CCN(C(=O)Cn2nc(C(F)F)c3c2CCC3)CC1. The summed E-state index contributed by atoms with van der Waals surface area (Å²) in [5.74, 6) is 0.661. The summed E-state index contributed by atoms with van der Waals surface area (Å²) in [4.78, 5) is 14.2. The molecule has 2 aliphatic rings. The third-order valence-corrected chi connectivity index (χ3v) is 4.67. The molecule has 116 valence electrons. The van der Waals surface area contributed by atoms with Gasteiger partial charge in [0, 0.05) is 24.3 Å². The van der Waals surface area contributed by atoms with Gasteiger partial charge in [-0.1, -0.05) is 6.92 Å². The molecule has 0 unspecified atom stereocenters. The van der Waals surface area contributed by atoms with E-state index in [2.05, 4.69) is 12.0 Å². The second-order valence-corrected chi connectivity index (χ2v) is 6.19. The van der Waals surface area contributed by atoms with Gasteiger partial charge in [-0.15, -0.1) is 0 Å². The molecule has 2 heterocycles. The summed E-state index contributed by atoms with van der Waals surface area (Å²) in [5.41, 5.74) is 1.39. The van der Waals surface area contributed by atoms with Gasteiger partial charge in [0.2, 0.25) is 5.91 Å². The van der Waals surface area contributed by atoms with E-state index in [0.717, 1.165) is 44.5 Å². The molecule has 1 aliphatic carbocycles. The van der Waals surface area contributed by atoms with Crippen molar-refractivity contribution >= 4 is 5.91 Å². The third-order valence-electron chi connectivity index (χ3n) is 4.67. The van der Waals surface area contributed by atoms with Gasteiger partial charge in [0.05, 0.1) is 0 Å². The molecular formula is C15H21F2N3O. The number of rotatable bonds is 3. The zero-order chi connectivity index (χ0) is 15.0. The van der Waals surface area contributed by atoms with Crippen LogP contribution in [0.15, 0.2) is 0 Å². The van der Waals surface area contributed by atoms with Crippen molar-refractivity contribution in [1.82, 2.24) is 14.7 Å². The Kier molecular flexibility index (Phi) is 3.95. The van der Waals surface area contributed by atoms with E-state index in [4.69, 9.17) is 0 Å². The summed E-state index contributed by atoms with van der Waals surface area (Å²) in [6, 6.07) is 0. The molecule has 1 aromatic heterocycles. The molecule has 0 N–H and O–H groups in total. The number of hydrogen-bond acceptors (Lipinski definition) is 2. The molecule has 1 aliphatic heterocycles. The molecule has 0 bridgehead atoms. The first-order chi connectivity index (χ1) is 10.1. The maximum atomic E-state index is 13.0. The fourth-order valence-corrected chi connectivity index (χ4v) is 3.33. The van der Waals surface area contributed by atoms with Crippen LogP contribution >= 0.6 is 0 Å². The van der Waals surface area contributed by atoms with Crippen molar-refractivity contribution in [3.8, 4) is 0 Å². The Hall–Kier alpha value is -1.46. The second kappa shape index (κ2) is 5.73. The van der Waals surface area contributed by atoms with E-state index >= 15 is 0 Å². The maximum Gasteiger partial charge on any atom is 0.282 e. The molecule has 3 rings (SSSR count). The Morgan fingerprint density at radius 2 is 2.05 bits per heavy atom. The molecule has 0 atom stereocenters. The highest BCUT2D eigenvalue weighted by Gasteiger charge is 2.29. The molecule has 0 radical (unpaired) electrons. The summed E-state index contributed by atoms with van der Waals surface area (Å²) in [7, 11) is 0. The van der Waals surface area contributed by atoms with E-state index in [0.29, 0.717) is 17.9 Å². The van der Waals surface area contributed by atoms with E-state index in [1.807, 2.05) is 4.90 Å². The van der Waals surface area contributed by atoms with Gasteiger partial charge < -0.3 is 4.90 Å². The number of alkyl halides is 2. The number of halogens is 2. The van der Waals surface area contributed by atoms with Crippen molar-refractivity contribution in [3.05, 3.63) is 17.0 Å². The van der Waals surface area contributed by atoms with Crippen molar-refractivity contribution in [1.29, 1.82) is 0 Å². The van der Waals surface area contributed by atoms with Crippen molar-refractivity contribution in [2.75, 3.05) is 13.1 Å². The number of hydrogen-bond donors (Lipinski definition) is 0. The Balaban J connectivity index is 1.73. The maximum absolute atomic E-state index is 13.0. The normalized spacial score (nSPS) is 19.3. The lowest BCUT2D eigenvalue weighted by molar-refractivity contribution is -0.133. The summed E-state index contributed by atoms with van der Waals surface area (Å²) >= 11 is 0. The Morgan fingerprint density at radius 1 is 1.33 bits per heavy atom. The molecule has 6 heteroatoms. The first kappa shape index (κ1) is 14.5. The van der Waals surface area contributed by atoms with Crippen LogP contribution in [-0.4, -0.2) is 33.7 Å². The van der Waals surface area contributed by atoms with Crippen LogP contribution in [-0.2, 0) is 24.2 Å². The van der Waals surface area contributed by atoms with Gasteiger partial charge in [-0.25, -0.2) is 8.78 Å².